The number of carbonyl (C=O) groups excluding carboxylic acids is 2. The summed E-state index contributed by atoms with van der Waals surface area (Å²) in [6.07, 6.45) is -0.342. The number of benzene rings is 2. The first-order valence-corrected chi connectivity index (χ1v) is 11.7. The average molecular weight is 486 g/mol. The number of aliphatic hydroxyl groups excluding tert-OH is 1. The summed E-state index contributed by atoms with van der Waals surface area (Å²) in [6.45, 7) is 3.81. The first-order chi connectivity index (χ1) is 16.6. The number of nitrogen functional groups attached to an aromatic ring is 1. The van der Waals surface area contributed by atoms with Crippen LogP contribution in [0.15, 0.2) is 48.5 Å². The molecule has 0 fully saturated rings. The van der Waals surface area contributed by atoms with Crippen LogP contribution >= 0.6 is 0 Å². The lowest BCUT2D eigenvalue weighted by molar-refractivity contribution is -0.148. The number of hydrogen-bond donors (Lipinski definition) is 6. The first kappa shape index (κ1) is 27.7. The van der Waals surface area contributed by atoms with Gasteiger partial charge in [0.05, 0.1) is 11.7 Å². The van der Waals surface area contributed by atoms with Crippen molar-refractivity contribution in [2.45, 2.75) is 64.1 Å². The number of nitrogens with one attached hydrogen (secondary N) is 2. The Morgan fingerprint density at radius 3 is 2.31 bits per heavy atom. The molecular weight excluding hydrogens is 450 g/mol. The SMILES string of the molecule is CC(C)C[C@H](NC(=O)CCCc1cccc(N)c1O)C(=O)N[C@H](Cc1ccccc1)[C@H](O)C(=O)O. The van der Waals surface area contributed by atoms with Crippen molar-refractivity contribution in [3.8, 4) is 5.75 Å². The fraction of sp³-hybridized carbons (Fsp3) is 0.423. The van der Waals surface area contributed by atoms with E-state index in [0.29, 0.717) is 24.8 Å². The third-order valence-electron chi connectivity index (χ3n) is 5.62. The van der Waals surface area contributed by atoms with Crippen molar-refractivity contribution in [1.29, 1.82) is 0 Å². The molecule has 0 bridgehead atoms. The lowest BCUT2D eigenvalue weighted by atomic mass is 9.98. The number of carboxylic acid groups (broad SMARTS) is 1. The molecule has 0 aromatic heterocycles. The predicted molar refractivity (Wildman–Crippen MR) is 133 cm³/mol. The van der Waals surface area contributed by atoms with Gasteiger partial charge in [-0.05, 0) is 48.8 Å². The van der Waals surface area contributed by atoms with Gasteiger partial charge in [-0.25, -0.2) is 4.79 Å². The minimum Gasteiger partial charge on any atom is -0.506 e. The minimum absolute atomic E-state index is 0.00594. The zero-order valence-corrected chi connectivity index (χ0v) is 20.1. The van der Waals surface area contributed by atoms with Crippen molar-refractivity contribution in [2.75, 3.05) is 5.73 Å². The quantitative estimate of drug-likeness (QED) is 0.187. The minimum atomic E-state index is -1.81. The van der Waals surface area contributed by atoms with E-state index in [2.05, 4.69) is 10.6 Å². The molecule has 35 heavy (non-hydrogen) atoms. The van der Waals surface area contributed by atoms with Crippen molar-refractivity contribution >= 4 is 23.5 Å². The molecule has 190 valence electrons. The number of aliphatic hydroxyl groups is 1. The molecule has 7 N–H and O–H groups in total. The lowest BCUT2D eigenvalue weighted by Crippen LogP contribution is -2.55. The van der Waals surface area contributed by atoms with Gasteiger partial charge >= 0.3 is 5.97 Å². The number of phenols is 1. The van der Waals surface area contributed by atoms with Crippen molar-refractivity contribution in [1.82, 2.24) is 10.6 Å². The Morgan fingerprint density at radius 1 is 1.00 bits per heavy atom. The van der Waals surface area contributed by atoms with E-state index in [1.807, 2.05) is 19.9 Å². The van der Waals surface area contributed by atoms with Gasteiger partial charge in [0.1, 0.15) is 11.8 Å². The summed E-state index contributed by atoms with van der Waals surface area (Å²) in [5, 5.41) is 34.8. The van der Waals surface area contributed by atoms with E-state index in [9.17, 15) is 29.7 Å². The fourth-order valence-electron chi connectivity index (χ4n) is 3.79. The number of carboxylic acids is 1. The second-order valence-electron chi connectivity index (χ2n) is 9.05. The largest absolute Gasteiger partial charge is 0.506 e. The van der Waals surface area contributed by atoms with E-state index < -0.39 is 30.1 Å². The van der Waals surface area contributed by atoms with Gasteiger partial charge in [0.2, 0.25) is 11.8 Å². The molecule has 9 heteroatoms. The number of carbonyl (C=O) groups is 3. The van der Waals surface area contributed by atoms with Crippen LogP contribution in [-0.4, -0.2) is 51.3 Å². The second kappa shape index (κ2) is 13.3. The predicted octanol–water partition coefficient (Wildman–Crippen LogP) is 2.00. The molecular formula is C26H35N3O6. The normalized spacial score (nSPS) is 13.6. The highest BCUT2D eigenvalue weighted by atomic mass is 16.4. The summed E-state index contributed by atoms with van der Waals surface area (Å²) >= 11 is 0. The molecule has 0 saturated heterocycles. The molecule has 3 atom stereocenters. The van der Waals surface area contributed by atoms with Crippen LogP contribution in [0.1, 0.15) is 44.2 Å². The number of anilines is 1. The molecule has 2 aromatic rings. The standard InChI is InChI=1S/C26H35N3O6/c1-16(2)14-21(28-22(30)13-7-11-18-10-6-12-19(27)23(18)31)25(33)29-20(24(32)26(34)35)15-17-8-4-3-5-9-17/h3-6,8-10,12,16,20-21,24,31-32H,7,11,13-15,27H2,1-2H3,(H,28,30)(H,29,33)(H,34,35)/t20-,21+,24+/m1/s1. The first-order valence-electron chi connectivity index (χ1n) is 11.7. The molecule has 0 heterocycles. The van der Waals surface area contributed by atoms with Gasteiger partial charge in [-0.3, -0.25) is 9.59 Å². The van der Waals surface area contributed by atoms with E-state index in [1.54, 1.807) is 42.5 Å². The number of hydrogen-bond acceptors (Lipinski definition) is 6. The number of amides is 2. The topological polar surface area (TPSA) is 162 Å². The molecule has 2 amide bonds. The molecule has 0 spiro atoms. The summed E-state index contributed by atoms with van der Waals surface area (Å²) in [5.74, 6) is -2.26. The molecule has 0 radical (unpaired) electrons. The third-order valence-corrected chi connectivity index (χ3v) is 5.62. The number of rotatable bonds is 13. The van der Waals surface area contributed by atoms with Gasteiger partial charge in [-0.2, -0.15) is 0 Å². The molecule has 0 unspecified atom stereocenters. The lowest BCUT2D eigenvalue weighted by Gasteiger charge is -2.26. The van der Waals surface area contributed by atoms with E-state index in [-0.39, 0.29) is 36.1 Å². The molecule has 0 aliphatic rings. The van der Waals surface area contributed by atoms with Crippen molar-refractivity contribution in [3.05, 3.63) is 59.7 Å². The van der Waals surface area contributed by atoms with Crippen LogP contribution in [0, 0.1) is 5.92 Å². The Labute approximate surface area is 205 Å². The van der Waals surface area contributed by atoms with Gasteiger partial charge in [0.15, 0.2) is 6.10 Å². The average Bonchev–Trinajstić information content (AvgIpc) is 2.80. The van der Waals surface area contributed by atoms with Crippen LogP contribution in [0.25, 0.3) is 0 Å². The van der Waals surface area contributed by atoms with E-state index in [1.165, 1.54) is 0 Å². The number of aliphatic carboxylic acids is 1. The van der Waals surface area contributed by atoms with E-state index >= 15 is 0 Å². The van der Waals surface area contributed by atoms with E-state index in [0.717, 1.165) is 5.56 Å². The number of aromatic hydroxyl groups is 1. The maximum absolute atomic E-state index is 13.0. The Bertz CT molecular complexity index is 996. The van der Waals surface area contributed by atoms with Crippen molar-refractivity contribution in [3.63, 3.8) is 0 Å². The molecule has 0 aliphatic carbocycles. The summed E-state index contributed by atoms with van der Waals surface area (Å²) < 4.78 is 0. The molecule has 2 aromatic carbocycles. The molecule has 9 nitrogen and oxygen atoms in total. The van der Waals surface area contributed by atoms with Crippen LogP contribution < -0.4 is 16.4 Å². The molecule has 0 aliphatic heterocycles. The zero-order valence-electron chi connectivity index (χ0n) is 20.1. The van der Waals surface area contributed by atoms with Gasteiger partial charge in [0, 0.05) is 6.42 Å². The molecule has 0 saturated carbocycles. The summed E-state index contributed by atoms with van der Waals surface area (Å²) in [4.78, 5) is 37.0. The van der Waals surface area contributed by atoms with Crippen molar-refractivity contribution in [2.24, 2.45) is 5.92 Å². The van der Waals surface area contributed by atoms with Gasteiger partial charge < -0.3 is 31.7 Å². The number of para-hydroxylation sites is 1. The monoisotopic (exact) mass is 485 g/mol. The Morgan fingerprint density at radius 2 is 1.69 bits per heavy atom. The van der Waals surface area contributed by atoms with Gasteiger partial charge in [-0.15, -0.1) is 0 Å². The second-order valence-corrected chi connectivity index (χ2v) is 9.05. The number of phenolic OH excluding ortho intramolecular Hbond substituents is 1. The smallest absolute Gasteiger partial charge is 0.334 e. The zero-order chi connectivity index (χ0) is 26.0. The highest BCUT2D eigenvalue weighted by Crippen LogP contribution is 2.25. The molecule has 2 rings (SSSR count). The van der Waals surface area contributed by atoms with Crippen LogP contribution in [0.2, 0.25) is 0 Å². The van der Waals surface area contributed by atoms with Crippen molar-refractivity contribution < 1.29 is 29.7 Å². The number of aryl methyl sites for hydroxylation is 1. The van der Waals surface area contributed by atoms with Crippen LogP contribution in [0.4, 0.5) is 5.69 Å². The maximum atomic E-state index is 13.0. The Balaban J connectivity index is 2.02. The highest BCUT2D eigenvalue weighted by molar-refractivity contribution is 5.88. The van der Waals surface area contributed by atoms with Crippen LogP contribution in [0.3, 0.4) is 0 Å². The summed E-state index contributed by atoms with van der Waals surface area (Å²) in [6, 6.07) is 12.0. The van der Waals surface area contributed by atoms with E-state index in [4.69, 9.17) is 5.73 Å². The summed E-state index contributed by atoms with van der Waals surface area (Å²) in [7, 11) is 0. The van der Waals surface area contributed by atoms with Gasteiger partial charge in [0.25, 0.3) is 0 Å². The Hall–Kier alpha value is -3.59. The van der Waals surface area contributed by atoms with Crippen LogP contribution in [-0.2, 0) is 27.2 Å². The summed E-state index contributed by atoms with van der Waals surface area (Å²) in [5.41, 5.74) is 7.37. The number of nitrogens with two attached hydrogens (primary N) is 1. The highest BCUT2D eigenvalue weighted by Gasteiger charge is 2.31. The Kier molecular flexibility index (Phi) is 10.5. The maximum Gasteiger partial charge on any atom is 0.334 e. The third kappa shape index (κ3) is 8.94. The van der Waals surface area contributed by atoms with Gasteiger partial charge in [-0.1, -0.05) is 56.3 Å². The fourth-order valence-corrected chi connectivity index (χ4v) is 3.79. The van der Waals surface area contributed by atoms with Crippen LogP contribution in [0.5, 0.6) is 5.75 Å².